The number of isocyanates is 1. The number of para-hydroxylation sites is 1. The molecule has 1 N–H and O–H groups in total. The second kappa shape index (κ2) is 6.92. The van der Waals surface area contributed by atoms with Gasteiger partial charge in [-0.1, -0.05) is 12.1 Å². The Balaban J connectivity index is 2.16. The molecule has 19 heavy (non-hydrogen) atoms. The molecule has 1 atom stereocenters. The molecule has 0 aliphatic carbocycles. The van der Waals surface area contributed by atoms with Gasteiger partial charge in [0.05, 0.1) is 13.7 Å². The van der Waals surface area contributed by atoms with Crippen LogP contribution in [0.15, 0.2) is 23.2 Å². The molecule has 0 spiro atoms. The van der Waals surface area contributed by atoms with Crippen molar-refractivity contribution in [2.75, 3.05) is 20.2 Å². The van der Waals surface area contributed by atoms with Gasteiger partial charge in [0.2, 0.25) is 6.08 Å². The van der Waals surface area contributed by atoms with Crippen LogP contribution in [0.4, 0.5) is 0 Å². The number of benzene rings is 1. The van der Waals surface area contributed by atoms with E-state index >= 15 is 0 Å². The van der Waals surface area contributed by atoms with E-state index in [2.05, 4.69) is 10.3 Å². The SMILES string of the molecule is COc1c(CN=C=O)cccc1OC1CCCNC1. The summed E-state index contributed by atoms with van der Waals surface area (Å²) in [6.07, 6.45) is 3.84. The number of methoxy groups -OCH3 is 1. The van der Waals surface area contributed by atoms with Gasteiger partial charge in [-0.15, -0.1) is 0 Å². The van der Waals surface area contributed by atoms with Gasteiger partial charge in [0.15, 0.2) is 11.5 Å². The fourth-order valence-corrected chi connectivity index (χ4v) is 2.23. The lowest BCUT2D eigenvalue weighted by Crippen LogP contribution is -2.37. The summed E-state index contributed by atoms with van der Waals surface area (Å²) in [4.78, 5) is 13.8. The minimum Gasteiger partial charge on any atom is -0.493 e. The highest BCUT2D eigenvalue weighted by atomic mass is 16.5. The lowest BCUT2D eigenvalue weighted by molar-refractivity contribution is 0.161. The average Bonchev–Trinajstić information content (AvgIpc) is 2.46. The second-order valence-corrected chi connectivity index (χ2v) is 4.44. The van der Waals surface area contributed by atoms with Gasteiger partial charge in [0, 0.05) is 12.1 Å². The third kappa shape index (κ3) is 3.56. The molecule has 1 fully saturated rings. The van der Waals surface area contributed by atoms with Crippen LogP contribution < -0.4 is 14.8 Å². The zero-order valence-electron chi connectivity index (χ0n) is 11.0. The van der Waals surface area contributed by atoms with Gasteiger partial charge in [0.25, 0.3) is 0 Å². The molecule has 2 rings (SSSR count). The Kier molecular flexibility index (Phi) is 4.95. The molecule has 0 bridgehead atoms. The molecule has 1 aromatic carbocycles. The molecule has 1 aliphatic heterocycles. The fraction of sp³-hybridized carbons (Fsp3) is 0.500. The van der Waals surface area contributed by atoms with Crippen LogP contribution in [0.25, 0.3) is 0 Å². The maximum atomic E-state index is 10.2. The van der Waals surface area contributed by atoms with Crippen LogP contribution in [0, 0.1) is 0 Å². The first-order valence-corrected chi connectivity index (χ1v) is 6.42. The van der Waals surface area contributed by atoms with Gasteiger partial charge in [-0.3, -0.25) is 0 Å². The molecule has 0 saturated carbocycles. The van der Waals surface area contributed by atoms with Gasteiger partial charge >= 0.3 is 0 Å². The van der Waals surface area contributed by atoms with E-state index in [-0.39, 0.29) is 12.6 Å². The van der Waals surface area contributed by atoms with Gasteiger partial charge in [-0.2, -0.15) is 0 Å². The maximum absolute atomic E-state index is 10.2. The lowest BCUT2D eigenvalue weighted by Gasteiger charge is -2.25. The largest absolute Gasteiger partial charge is 0.493 e. The number of hydrogen-bond acceptors (Lipinski definition) is 5. The highest BCUT2D eigenvalue weighted by Gasteiger charge is 2.17. The normalized spacial score (nSPS) is 18.5. The van der Waals surface area contributed by atoms with E-state index < -0.39 is 0 Å². The Labute approximate surface area is 112 Å². The number of nitrogens with one attached hydrogen (secondary N) is 1. The smallest absolute Gasteiger partial charge is 0.235 e. The summed E-state index contributed by atoms with van der Waals surface area (Å²) in [5.41, 5.74) is 0.826. The molecule has 0 amide bonds. The van der Waals surface area contributed by atoms with Crippen LogP contribution >= 0.6 is 0 Å². The first-order chi connectivity index (χ1) is 9.35. The topological polar surface area (TPSA) is 59.9 Å². The number of ether oxygens (including phenoxy) is 2. The lowest BCUT2D eigenvalue weighted by atomic mass is 10.1. The van der Waals surface area contributed by atoms with Crippen molar-refractivity contribution in [1.82, 2.24) is 5.32 Å². The van der Waals surface area contributed by atoms with Crippen molar-refractivity contribution in [2.24, 2.45) is 4.99 Å². The van der Waals surface area contributed by atoms with Gasteiger partial charge < -0.3 is 14.8 Å². The molecule has 0 aromatic heterocycles. The first kappa shape index (κ1) is 13.6. The van der Waals surface area contributed by atoms with Gasteiger partial charge in [0.1, 0.15) is 6.10 Å². The molecule has 1 aliphatic rings. The molecule has 1 heterocycles. The number of nitrogens with zero attached hydrogens (tertiary/aromatic N) is 1. The second-order valence-electron chi connectivity index (χ2n) is 4.44. The number of piperidine rings is 1. The molecule has 1 saturated heterocycles. The Morgan fingerprint density at radius 3 is 3.11 bits per heavy atom. The van der Waals surface area contributed by atoms with Crippen LogP contribution in [0.3, 0.4) is 0 Å². The molecule has 5 nitrogen and oxygen atoms in total. The summed E-state index contributed by atoms with van der Waals surface area (Å²) in [6.45, 7) is 2.15. The van der Waals surface area contributed by atoms with E-state index in [1.807, 2.05) is 18.2 Å². The van der Waals surface area contributed by atoms with Crippen LogP contribution in [0.2, 0.25) is 0 Å². The van der Waals surface area contributed by atoms with Crippen molar-refractivity contribution in [3.8, 4) is 11.5 Å². The van der Waals surface area contributed by atoms with Crippen LogP contribution in [-0.4, -0.2) is 32.4 Å². The first-order valence-electron chi connectivity index (χ1n) is 6.42. The summed E-state index contributed by atoms with van der Waals surface area (Å²) < 4.78 is 11.4. The summed E-state index contributed by atoms with van der Waals surface area (Å²) >= 11 is 0. The third-order valence-corrected chi connectivity index (χ3v) is 3.12. The minimum absolute atomic E-state index is 0.160. The molecular formula is C14H18N2O3. The molecule has 5 heteroatoms. The number of carbonyl (C=O) groups excluding carboxylic acids is 1. The zero-order valence-corrected chi connectivity index (χ0v) is 11.0. The molecule has 0 radical (unpaired) electrons. The molecular weight excluding hydrogens is 244 g/mol. The molecule has 1 unspecified atom stereocenters. The van der Waals surface area contributed by atoms with Crippen molar-refractivity contribution in [1.29, 1.82) is 0 Å². The van der Waals surface area contributed by atoms with Gasteiger partial charge in [-0.25, -0.2) is 9.79 Å². The summed E-state index contributed by atoms with van der Waals surface area (Å²) in [5, 5.41) is 3.31. The predicted molar refractivity (Wildman–Crippen MR) is 71.3 cm³/mol. The average molecular weight is 262 g/mol. The standard InChI is InChI=1S/C14H18N2O3/c1-18-14-11(8-16-10-17)4-2-6-13(14)19-12-5-3-7-15-9-12/h2,4,6,12,15H,3,5,7-9H2,1H3. The fourth-order valence-electron chi connectivity index (χ4n) is 2.23. The van der Waals surface area contributed by atoms with Crippen LogP contribution in [-0.2, 0) is 11.3 Å². The molecule has 1 aromatic rings. The van der Waals surface area contributed by atoms with Crippen molar-refractivity contribution in [2.45, 2.75) is 25.5 Å². The minimum atomic E-state index is 0.160. The number of rotatable bonds is 5. The van der Waals surface area contributed by atoms with E-state index in [1.165, 1.54) is 6.08 Å². The number of aliphatic imine (C=N–C) groups is 1. The summed E-state index contributed by atoms with van der Waals surface area (Å²) in [7, 11) is 1.59. The third-order valence-electron chi connectivity index (χ3n) is 3.12. The van der Waals surface area contributed by atoms with Crippen molar-refractivity contribution in [3.63, 3.8) is 0 Å². The Morgan fingerprint density at radius 2 is 2.42 bits per heavy atom. The van der Waals surface area contributed by atoms with Crippen molar-refractivity contribution >= 4 is 6.08 Å². The summed E-state index contributed by atoms with van der Waals surface area (Å²) in [5.74, 6) is 1.35. The maximum Gasteiger partial charge on any atom is 0.235 e. The van der Waals surface area contributed by atoms with Crippen molar-refractivity contribution in [3.05, 3.63) is 23.8 Å². The molecule has 102 valence electrons. The number of hydrogen-bond donors (Lipinski definition) is 1. The predicted octanol–water partition coefficient (Wildman–Crippen LogP) is 1.66. The van der Waals surface area contributed by atoms with E-state index in [9.17, 15) is 4.79 Å². The van der Waals surface area contributed by atoms with Crippen molar-refractivity contribution < 1.29 is 14.3 Å². The highest BCUT2D eigenvalue weighted by Crippen LogP contribution is 2.32. The van der Waals surface area contributed by atoms with Crippen LogP contribution in [0.1, 0.15) is 18.4 Å². The van der Waals surface area contributed by atoms with E-state index in [0.29, 0.717) is 11.5 Å². The highest BCUT2D eigenvalue weighted by molar-refractivity contribution is 5.47. The van der Waals surface area contributed by atoms with E-state index in [1.54, 1.807) is 7.11 Å². The Bertz CT molecular complexity index is 464. The van der Waals surface area contributed by atoms with E-state index in [0.717, 1.165) is 31.5 Å². The Morgan fingerprint density at radius 1 is 1.53 bits per heavy atom. The van der Waals surface area contributed by atoms with E-state index in [4.69, 9.17) is 9.47 Å². The Hall–Kier alpha value is -1.84. The zero-order chi connectivity index (χ0) is 13.5. The summed E-state index contributed by atoms with van der Waals surface area (Å²) in [6, 6.07) is 5.62. The van der Waals surface area contributed by atoms with Gasteiger partial charge in [-0.05, 0) is 25.5 Å². The van der Waals surface area contributed by atoms with Crippen LogP contribution in [0.5, 0.6) is 11.5 Å². The monoisotopic (exact) mass is 262 g/mol. The quantitative estimate of drug-likeness (QED) is 0.647.